The molecule has 0 saturated carbocycles. The van der Waals surface area contributed by atoms with Crippen molar-refractivity contribution in [3.8, 4) is 28.1 Å². The van der Waals surface area contributed by atoms with Gasteiger partial charge in [0.25, 0.3) is 0 Å². The molecule has 0 bridgehead atoms. The normalized spacial score (nSPS) is 10.6. The van der Waals surface area contributed by atoms with Gasteiger partial charge in [-0.25, -0.2) is 0 Å². The Morgan fingerprint density at radius 1 is 1.19 bits per heavy atom. The first-order chi connectivity index (χ1) is 10.2. The number of pyridine rings is 1. The van der Waals surface area contributed by atoms with E-state index in [1.165, 1.54) is 0 Å². The largest absolute Gasteiger partial charge is 0.496 e. The van der Waals surface area contributed by atoms with Crippen LogP contribution in [0.5, 0.6) is 5.75 Å². The van der Waals surface area contributed by atoms with E-state index in [9.17, 15) is 0 Å². The van der Waals surface area contributed by atoms with Crippen LogP contribution in [-0.2, 0) is 0 Å². The number of benzene rings is 1. The predicted molar refractivity (Wildman–Crippen MR) is 81.1 cm³/mol. The Labute approximate surface area is 126 Å². The summed E-state index contributed by atoms with van der Waals surface area (Å²) in [5.41, 5.74) is 8.80. The molecule has 0 atom stereocenters. The summed E-state index contributed by atoms with van der Waals surface area (Å²) in [6, 6.07) is 8.96. The first kappa shape index (κ1) is 13.5. The molecule has 0 aliphatic rings. The Hall–Kier alpha value is -2.53. The summed E-state index contributed by atoms with van der Waals surface area (Å²) in [4.78, 5) is 3.99. The van der Waals surface area contributed by atoms with Crippen molar-refractivity contribution in [1.82, 2.24) is 10.1 Å². The van der Waals surface area contributed by atoms with Crippen LogP contribution in [0.4, 0.5) is 5.88 Å². The smallest absolute Gasteiger partial charge is 0.230 e. The average Bonchev–Trinajstić information content (AvgIpc) is 2.89. The first-order valence-corrected chi connectivity index (χ1v) is 6.58. The number of nitrogen functional groups attached to an aromatic ring is 1. The topological polar surface area (TPSA) is 74.2 Å². The van der Waals surface area contributed by atoms with Gasteiger partial charge in [-0.05, 0) is 30.3 Å². The van der Waals surface area contributed by atoms with E-state index in [-0.39, 0.29) is 5.88 Å². The zero-order chi connectivity index (χ0) is 14.8. The predicted octanol–water partition coefficient (Wildman–Crippen LogP) is 3.65. The van der Waals surface area contributed by atoms with Crippen LogP contribution in [0, 0.1) is 0 Å². The van der Waals surface area contributed by atoms with Crippen LogP contribution in [-0.4, -0.2) is 17.3 Å². The number of nitrogens with two attached hydrogens (primary N) is 1. The van der Waals surface area contributed by atoms with Gasteiger partial charge in [0, 0.05) is 28.5 Å². The van der Waals surface area contributed by atoms with Crippen molar-refractivity contribution in [1.29, 1.82) is 0 Å². The Balaban J connectivity index is 2.24. The minimum Gasteiger partial charge on any atom is -0.496 e. The summed E-state index contributed by atoms with van der Waals surface area (Å²) in [5.74, 6) is 0.854. The third kappa shape index (κ3) is 2.43. The first-order valence-electron chi connectivity index (χ1n) is 6.20. The maximum atomic E-state index is 6.08. The zero-order valence-electron chi connectivity index (χ0n) is 11.2. The van der Waals surface area contributed by atoms with Crippen LogP contribution in [0.2, 0.25) is 5.02 Å². The third-order valence-corrected chi connectivity index (χ3v) is 3.34. The maximum Gasteiger partial charge on any atom is 0.230 e. The number of ether oxygens (including phenoxy) is 1. The summed E-state index contributed by atoms with van der Waals surface area (Å²) in [7, 11) is 1.59. The summed E-state index contributed by atoms with van der Waals surface area (Å²) < 4.78 is 10.5. The quantitative estimate of drug-likeness (QED) is 0.799. The van der Waals surface area contributed by atoms with Crippen molar-refractivity contribution >= 4 is 17.5 Å². The molecule has 6 heteroatoms. The minimum absolute atomic E-state index is 0.211. The molecule has 0 saturated heterocycles. The lowest BCUT2D eigenvalue weighted by molar-refractivity contribution is 0.416. The molecule has 0 radical (unpaired) electrons. The summed E-state index contributed by atoms with van der Waals surface area (Å²) >= 11 is 6.08. The third-order valence-electron chi connectivity index (χ3n) is 3.10. The highest BCUT2D eigenvalue weighted by molar-refractivity contribution is 6.31. The molecule has 0 spiro atoms. The number of anilines is 1. The number of methoxy groups -OCH3 is 1. The van der Waals surface area contributed by atoms with E-state index < -0.39 is 0 Å². The van der Waals surface area contributed by atoms with Gasteiger partial charge in [0.15, 0.2) is 0 Å². The number of aromatic nitrogens is 2. The fraction of sp³-hybridized carbons (Fsp3) is 0.0667. The second-order valence-electron chi connectivity index (χ2n) is 4.35. The summed E-state index contributed by atoms with van der Waals surface area (Å²) in [6.45, 7) is 0. The average molecular weight is 302 g/mol. The number of halogens is 1. The van der Waals surface area contributed by atoms with Gasteiger partial charge in [-0.1, -0.05) is 16.8 Å². The molecular weight excluding hydrogens is 290 g/mol. The van der Waals surface area contributed by atoms with Crippen molar-refractivity contribution in [2.45, 2.75) is 0 Å². The zero-order valence-corrected chi connectivity index (χ0v) is 12.0. The second-order valence-corrected chi connectivity index (χ2v) is 4.79. The maximum absolute atomic E-state index is 6.08. The molecule has 0 fully saturated rings. The highest BCUT2D eigenvalue weighted by atomic mass is 35.5. The van der Waals surface area contributed by atoms with Gasteiger partial charge >= 0.3 is 0 Å². The van der Waals surface area contributed by atoms with Gasteiger partial charge in [-0.2, -0.15) is 0 Å². The van der Waals surface area contributed by atoms with Gasteiger partial charge in [0.1, 0.15) is 11.4 Å². The lowest BCUT2D eigenvalue weighted by Crippen LogP contribution is -1.92. The number of rotatable bonds is 3. The van der Waals surface area contributed by atoms with E-state index in [0.29, 0.717) is 22.0 Å². The minimum atomic E-state index is 0.211. The molecular formula is C15H12ClN3O2. The lowest BCUT2D eigenvalue weighted by Gasteiger charge is -2.09. The van der Waals surface area contributed by atoms with Crippen LogP contribution in [0.1, 0.15) is 0 Å². The highest BCUT2D eigenvalue weighted by Crippen LogP contribution is 2.41. The molecule has 2 N–H and O–H groups in total. The lowest BCUT2D eigenvalue weighted by atomic mass is 10.0. The van der Waals surface area contributed by atoms with Crippen LogP contribution < -0.4 is 10.5 Å². The van der Waals surface area contributed by atoms with Crippen molar-refractivity contribution in [2.24, 2.45) is 0 Å². The molecule has 2 heterocycles. The van der Waals surface area contributed by atoms with Crippen LogP contribution >= 0.6 is 11.6 Å². The monoisotopic (exact) mass is 301 g/mol. The Morgan fingerprint density at radius 2 is 1.95 bits per heavy atom. The molecule has 21 heavy (non-hydrogen) atoms. The summed E-state index contributed by atoms with van der Waals surface area (Å²) in [6.07, 6.45) is 3.36. The van der Waals surface area contributed by atoms with Gasteiger partial charge in [-0.15, -0.1) is 0 Å². The van der Waals surface area contributed by atoms with E-state index >= 15 is 0 Å². The molecule has 0 amide bonds. The number of nitrogens with zero attached hydrogens (tertiary/aromatic N) is 2. The number of hydrogen-bond acceptors (Lipinski definition) is 5. The summed E-state index contributed by atoms with van der Waals surface area (Å²) in [5, 5.41) is 4.62. The molecule has 0 unspecified atom stereocenters. The van der Waals surface area contributed by atoms with Crippen molar-refractivity contribution in [3.63, 3.8) is 0 Å². The molecule has 3 rings (SSSR count). The van der Waals surface area contributed by atoms with Crippen LogP contribution in [0.15, 0.2) is 47.2 Å². The van der Waals surface area contributed by atoms with E-state index in [4.69, 9.17) is 26.6 Å². The van der Waals surface area contributed by atoms with E-state index in [1.54, 1.807) is 37.7 Å². The molecule has 2 aromatic heterocycles. The standard InChI is InChI=1S/C15H12ClN3O2/c1-20-12-3-2-10(16)8-11(12)13-14(19-21-15(13)17)9-4-6-18-7-5-9/h2-8H,17H2,1H3. The molecule has 0 aliphatic heterocycles. The Morgan fingerprint density at radius 3 is 2.67 bits per heavy atom. The van der Waals surface area contributed by atoms with E-state index in [0.717, 1.165) is 11.1 Å². The van der Waals surface area contributed by atoms with Crippen LogP contribution in [0.3, 0.4) is 0 Å². The number of hydrogen-bond donors (Lipinski definition) is 1. The Kier molecular flexibility index (Phi) is 3.50. The van der Waals surface area contributed by atoms with E-state index in [1.807, 2.05) is 12.1 Å². The Bertz CT molecular complexity index is 772. The SMILES string of the molecule is COc1ccc(Cl)cc1-c1c(-c2ccncc2)noc1N. The fourth-order valence-corrected chi connectivity index (χ4v) is 2.32. The molecule has 3 aromatic rings. The highest BCUT2D eigenvalue weighted by Gasteiger charge is 2.20. The molecule has 0 aliphatic carbocycles. The molecule has 5 nitrogen and oxygen atoms in total. The van der Waals surface area contributed by atoms with E-state index in [2.05, 4.69) is 10.1 Å². The van der Waals surface area contributed by atoms with Crippen molar-refractivity contribution < 1.29 is 9.26 Å². The fourth-order valence-electron chi connectivity index (χ4n) is 2.15. The van der Waals surface area contributed by atoms with Gasteiger partial charge in [0.2, 0.25) is 5.88 Å². The van der Waals surface area contributed by atoms with Crippen LogP contribution in [0.25, 0.3) is 22.4 Å². The van der Waals surface area contributed by atoms with Crippen molar-refractivity contribution in [2.75, 3.05) is 12.8 Å². The molecule has 1 aromatic carbocycles. The van der Waals surface area contributed by atoms with Crippen molar-refractivity contribution in [3.05, 3.63) is 47.7 Å². The van der Waals surface area contributed by atoms with Gasteiger partial charge in [-0.3, -0.25) is 4.98 Å². The molecule has 106 valence electrons. The second kappa shape index (κ2) is 5.46. The van der Waals surface area contributed by atoms with Gasteiger partial charge in [0.05, 0.1) is 12.7 Å². The van der Waals surface area contributed by atoms with Gasteiger partial charge < -0.3 is 15.0 Å².